The highest BCUT2D eigenvalue weighted by Crippen LogP contribution is 2.28. The number of halogens is 1. The number of amides is 1. The molecule has 33 heavy (non-hydrogen) atoms. The van der Waals surface area contributed by atoms with Gasteiger partial charge in [0.2, 0.25) is 11.8 Å². The van der Waals surface area contributed by atoms with Crippen molar-refractivity contribution in [2.24, 2.45) is 0 Å². The molecule has 1 N–H and O–H groups in total. The first kappa shape index (κ1) is 22.2. The number of hydrogen-bond acceptors (Lipinski definition) is 7. The van der Waals surface area contributed by atoms with E-state index in [-0.39, 0.29) is 30.3 Å². The van der Waals surface area contributed by atoms with Crippen molar-refractivity contribution in [1.82, 2.24) is 25.1 Å². The lowest BCUT2D eigenvalue weighted by atomic mass is 10.1. The lowest BCUT2D eigenvalue weighted by Crippen LogP contribution is -2.24. The molecule has 0 fully saturated rings. The van der Waals surface area contributed by atoms with Crippen molar-refractivity contribution in [2.45, 2.75) is 13.0 Å². The molecule has 0 aliphatic carbocycles. The van der Waals surface area contributed by atoms with E-state index < -0.39 is 5.97 Å². The summed E-state index contributed by atoms with van der Waals surface area (Å²) in [4.78, 5) is 29.0. The van der Waals surface area contributed by atoms with Crippen LogP contribution in [0.2, 0.25) is 5.02 Å². The zero-order valence-electron chi connectivity index (χ0n) is 17.9. The van der Waals surface area contributed by atoms with E-state index in [4.69, 9.17) is 21.1 Å². The van der Waals surface area contributed by atoms with E-state index in [1.54, 1.807) is 35.4 Å². The number of carbonyl (C=O) groups is 2. The molecule has 1 amide bonds. The second kappa shape index (κ2) is 9.66. The Hall–Kier alpha value is -3.98. The van der Waals surface area contributed by atoms with E-state index in [9.17, 15) is 9.59 Å². The summed E-state index contributed by atoms with van der Waals surface area (Å²) in [5, 5.41) is 11.6. The Labute approximate surface area is 194 Å². The van der Waals surface area contributed by atoms with Gasteiger partial charge in [-0.15, -0.1) is 10.2 Å². The fourth-order valence-electron chi connectivity index (χ4n) is 3.41. The topological polar surface area (TPSA) is 108 Å². The highest BCUT2D eigenvalue weighted by atomic mass is 35.5. The van der Waals surface area contributed by atoms with Gasteiger partial charge in [-0.25, -0.2) is 9.78 Å². The molecule has 9 nitrogen and oxygen atoms in total. The van der Waals surface area contributed by atoms with Gasteiger partial charge in [0.25, 0.3) is 0 Å². The van der Waals surface area contributed by atoms with Gasteiger partial charge >= 0.3 is 5.97 Å². The van der Waals surface area contributed by atoms with Crippen LogP contribution in [0, 0.1) is 0 Å². The Bertz CT molecular complexity index is 1310. The van der Waals surface area contributed by atoms with E-state index in [1.165, 1.54) is 14.2 Å². The van der Waals surface area contributed by atoms with E-state index in [1.807, 2.05) is 24.3 Å². The summed E-state index contributed by atoms with van der Waals surface area (Å²) >= 11 is 6.27. The van der Waals surface area contributed by atoms with E-state index in [2.05, 4.69) is 20.5 Å². The first-order valence-corrected chi connectivity index (χ1v) is 10.3. The molecule has 2 aromatic heterocycles. The van der Waals surface area contributed by atoms with Crippen molar-refractivity contribution in [3.63, 3.8) is 0 Å². The average Bonchev–Trinajstić information content (AvgIpc) is 3.36. The minimum atomic E-state index is -0.564. The number of nitrogens with one attached hydrogen (secondary N) is 1. The predicted octanol–water partition coefficient (Wildman–Crippen LogP) is 3.12. The SMILES string of the molecule is COC(=O)c1cc2cc(Cl)cc(CNC(=O)Cc3ccc(-n4cnnc4)cc3)c2nc1OC. The molecule has 2 aromatic carbocycles. The summed E-state index contributed by atoms with van der Waals surface area (Å²) in [7, 11) is 2.71. The highest BCUT2D eigenvalue weighted by molar-refractivity contribution is 6.31. The second-order valence-corrected chi connectivity index (χ2v) is 7.60. The van der Waals surface area contributed by atoms with Gasteiger partial charge in [-0.05, 0) is 41.5 Å². The highest BCUT2D eigenvalue weighted by Gasteiger charge is 2.18. The smallest absolute Gasteiger partial charge is 0.343 e. The molecule has 0 saturated carbocycles. The molecule has 0 aliphatic rings. The molecule has 0 aliphatic heterocycles. The van der Waals surface area contributed by atoms with Gasteiger partial charge in [0.05, 0.1) is 26.2 Å². The summed E-state index contributed by atoms with van der Waals surface area (Å²) < 4.78 is 11.8. The summed E-state index contributed by atoms with van der Waals surface area (Å²) in [6, 6.07) is 12.6. The lowest BCUT2D eigenvalue weighted by molar-refractivity contribution is -0.120. The van der Waals surface area contributed by atoms with Crippen LogP contribution < -0.4 is 10.1 Å². The van der Waals surface area contributed by atoms with E-state index >= 15 is 0 Å². The van der Waals surface area contributed by atoms with Crippen LogP contribution in [0.3, 0.4) is 0 Å². The number of carbonyl (C=O) groups excluding carboxylic acids is 2. The number of esters is 1. The number of pyridine rings is 1. The molecule has 4 aromatic rings. The van der Waals surface area contributed by atoms with Crippen LogP contribution in [-0.4, -0.2) is 45.8 Å². The maximum Gasteiger partial charge on any atom is 0.343 e. The Morgan fingerprint density at radius 2 is 1.79 bits per heavy atom. The lowest BCUT2D eigenvalue weighted by Gasteiger charge is -2.12. The fraction of sp³-hybridized carbons (Fsp3) is 0.174. The molecular weight excluding hydrogens is 446 g/mol. The van der Waals surface area contributed by atoms with E-state index in [0.29, 0.717) is 21.5 Å². The quantitative estimate of drug-likeness (QED) is 0.418. The van der Waals surface area contributed by atoms with Crippen LogP contribution in [0.5, 0.6) is 5.88 Å². The van der Waals surface area contributed by atoms with Crippen molar-refractivity contribution < 1.29 is 19.1 Å². The molecule has 0 saturated heterocycles. The van der Waals surface area contributed by atoms with Gasteiger partial charge in [-0.2, -0.15) is 0 Å². The van der Waals surface area contributed by atoms with Crippen LogP contribution in [0.25, 0.3) is 16.6 Å². The van der Waals surface area contributed by atoms with Gasteiger partial charge in [0, 0.05) is 22.6 Å². The third-order valence-electron chi connectivity index (χ3n) is 5.02. The van der Waals surface area contributed by atoms with Crippen molar-refractivity contribution in [1.29, 1.82) is 0 Å². The fourth-order valence-corrected chi connectivity index (χ4v) is 3.66. The normalized spacial score (nSPS) is 10.8. The zero-order chi connectivity index (χ0) is 23.4. The van der Waals surface area contributed by atoms with Crippen molar-refractivity contribution in [3.05, 3.63) is 76.8 Å². The number of ether oxygens (including phenoxy) is 2. The molecule has 0 atom stereocenters. The third kappa shape index (κ3) is 4.93. The van der Waals surface area contributed by atoms with Gasteiger partial charge in [-0.3, -0.25) is 9.36 Å². The number of benzene rings is 2. The average molecular weight is 466 g/mol. The van der Waals surface area contributed by atoms with Gasteiger partial charge in [0.15, 0.2) is 0 Å². The monoisotopic (exact) mass is 465 g/mol. The van der Waals surface area contributed by atoms with Crippen LogP contribution >= 0.6 is 11.6 Å². The molecule has 168 valence electrons. The van der Waals surface area contributed by atoms with Crippen molar-refractivity contribution in [2.75, 3.05) is 14.2 Å². The Morgan fingerprint density at radius 3 is 2.45 bits per heavy atom. The first-order chi connectivity index (χ1) is 16.0. The molecular formula is C23H20ClN5O4. The molecule has 0 radical (unpaired) electrons. The predicted molar refractivity (Wildman–Crippen MR) is 122 cm³/mol. The Balaban J connectivity index is 1.50. The minimum Gasteiger partial charge on any atom is -0.480 e. The summed E-state index contributed by atoms with van der Waals surface area (Å²) in [6.07, 6.45) is 3.42. The maximum absolute atomic E-state index is 12.6. The molecule has 0 spiro atoms. The Morgan fingerprint density at radius 1 is 1.06 bits per heavy atom. The second-order valence-electron chi connectivity index (χ2n) is 7.16. The molecule has 2 heterocycles. The van der Waals surface area contributed by atoms with Crippen molar-refractivity contribution in [3.8, 4) is 11.6 Å². The van der Waals surface area contributed by atoms with Gasteiger partial charge < -0.3 is 14.8 Å². The van der Waals surface area contributed by atoms with Crippen LogP contribution in [0.15, 0.2) is 55.1 Å². The van der Waals surface area contributed by atoms with Crippen LogP contribution in [-0.2, 0) is 22.5 Å². The molecule has 4 rings (SSSR count). The number of aromatic nitrogens is 4. The zero-order valence-corrected chi connectivity index (χ0v) is 18.7. The number of fused-ring (bicyclic) bond motifs is 1. The third-order valence-corrected chi connectivity index (χ3v) is 5.24. The number of hydrogen-bond donors (Lipinski definition) is 1. The number of rotatable bonds is 7. The standard InChI is InChI=1S/C23H20ClN5O4/c1-32-22-19(23(31)33-2)10-15-8-17(24)9-16(21(15)28-22)11-25-20(30)7-14-3-5-18(6-4-14)29-12-26-27-13-29/h3-6,8-10,12-13H,7,11H2,1-2H3,(H,25,30). The van der Waals surface area contributed by atoms with Crippen LogP contribution in [0.1, 0.15) is 21.5 Å². The Kier molecular flexibility index (Phi) is 6.50. The van der Waals surface area contributed by atoms with E-state index in [0.717, 1.165) is 11.3 Å². The first-order valence-electron chi connectivity index (χ1n) is 9.94. The van der Waals surface area contributed by atoms with Crippen LogP contribution in [0.4, 0.5) is 0 Å². The number of methoxy groups -OCH3 is 2. The summed E-state index contributed by atoms with van der Waals surface area (Å²) in [6.45, 7) is 0.211. The van der Waals surface area contributed by atoms with Gasteiger partial charge in [0.1, 0.15) is 18.2 Å². The summed E-state index contributed by atoms with van der Waals surface area (Å²) in [5.74, 6) is -0.581. The molecule has 10 heteroatoms. The minimum absolute atomic E-state index is 0.137. The molecule has 0 bridgehead atoms. The number of nitrogens with zero attached hydrogens (tertiary/aromatic N) is 4. The van der Waals surface area contributed by atoms with Gasteiger partial charge in [-0.1, -0.05) is 23.7 Å². The summed E-state index contributed by atoms with van der Waals surface area (Å²) in [5.41, 5.74) is 3.23. The maximum atomic E-state index is 12.6. The largest absolute Gasteiger partial charge is 0.480 e. The molecule has 0 unspecified atom stereocenters. The van der Waals surface area contributed by atoms with Crippen molar-refractivity contribution >= 4 is 34.4 Å².